The molecule has 1 unspecified atom stereocenters. The van der Waals surface area contributed by atoms with Gasteiger partial charge in [-0.3, -0.25) is 4.79 Å². The highest BCUT2D eigenvalue weighted by atomic mass is 19.1. The number of carbonyl (C=O) groups excluding carboxylic acids is 1. The SMILES string of the molecule is CCc1noc(C)c1C(=O)NC(c1ccc(F)cc1)c1nccn1C. The predicted molar refractivity (Wildman–Crippen MR) is 89.5 cm³/mol. The molecule has 2 aromatic heterocycles. The second-order valence-corrected chi connectivity index (χ2v) is 5.77. The monoisotopic (exact) mass is 342 g/mol. The summed E-state index contributed by atoms with van der Waals surface area (Å²) in [6.07, 6.45) is 4.03. The summed E-state index contributed by atoms with van der Waals surface area (Å²) in [6, 6.07) is 5.47. The first-order valence-corrected chi connectivity index (χ1v) is 8.00. The number of imidazole rings is 1. The van der Waals surface area contributed by atoms with Gasteiger partial charge in [0.25, 0.3) is 5.91 Å². The maximum atomic E-state index is 13.3. The van der Waals surface area contributed by atoms with Gasteiger partial charge in [0.05, 0.1) is 5.69 Å². The molecule has 1 aromatic carbocycles. The van der Waals surface area contributed by atoms with Crippen LogP contribution < -0.4 is 5.32 Å². The fraction of sp³-hybridized carbons (Fsp3) is 0.278. The molecule has 7 heteroatoms. The minimum absolute atomic E-state index is 0.298. The van der Waals surface area contributed by atoms with Gasteiger partial charge in [-0.15, -0.1) is 0 Å². The van der Waals surface area contributed by atoms with Crippen LogP contribution in [0.25, 0.3) is 0 Å². The van der Waals surface area contributed by atoms with Crippen LogP contribution in [0.3, 0.4) is 0 Å². The Labute approximate surface area is 144 Å². The lowest BCUT2D eigenvalue weighted by Crippen LogP contribution is -2.31. The topological polar surface area (TPSA) is 73.0 Å². The fourth-order valence-corrected chi connectivity index (χ4v) is 2.76. The molecule has 1 atom stereocenters. The van der Waals surface area contributed by atoms with Crippen LogP contribution in [-0.2, 0) is 13.5 Å². The van der Waals surface area contributed by atoms with Crippen molar-refractivity contribution < 1.29 is 13.7 Å². The molecular formula is C18H19FN4O2. The van der Waals surface area contributed by atoms with Crippen LogP contribution in [-0.4, -0.2) is 20.6 Å². The average molecular weight is 342 g/mol. The second kappa shape index (κ2) is 6.88. The van der Waals surface area contributed by atoms with E-state index in [1.54, 1.807) is 31.5 Å². The Hall–Kier alpha value is -2.96. The highest BCUT2D eigenvalue weighted by molar-refractivity contribution is 5.96. The van der Waals surface area contributed by atoms with Crippen molar-refractivity contribution in [2.75, 3.05) is 0 Å². The molecule has 2 heterocycles. The third-order valence-electron chi connectivity index (χ3n) is 4.09. The smallest absolute Gasteiger partial charge is 0.257 e. The molecule has 25 heavy (non-hydrogen) atoms. The molecule has 0 spiro atoms. The van der Waals surface area contributed by atoms with Crippen LogP contribution in [0.2, 0.25) is 0 Å². The molecule has 0 aliphatic rings. The number of carbonyl (C=O) groups is 1. The molecule has 0 radical (unpaired) electrons. The molecule has 6 nitrogen and oxygen atoms in total. The summed E-state index contributed by atoms with van der Waals surface area (Å²) in [6.45, 7) is 3.61. The summed E-state index contributed by atoms with van der Waals surface area (Å²) in [4.78, 5) is 17.2. The van der Waals surface area contributed by atoms with Crippen LogP contribution in [0.1, 0.15) is 46.2 Å². The molecule has 0 bridgehead atoms. The van der Waals surface area contributed by atoms with Crippen LogP contribution in [0.15, 0.2) is 41.2 Å². The van der Waals surface area contributed by atoms with Gasteiger partial charge in [-0.25, -0.2) is 9.37 Å². The average Bonchev–Trinajstić information content (AvgIpc) is 3.19. The molecule has 0 fully saturated rings. The Morgan fingerprint density at radius 2 is 2.08 bits per heavy atom. The van der Waals surface area contributed by atoms with E-state index in [9.17, 15) is 9.18 Å². The summed E-state index contributed by atoms with van der Waals surface area (Å²) >= 11 is 0. The zero-order valence-corrected chi connectivity index (χ0v) is 14.3. The number of aromatic nitrogens is 3. The number of benzene rings is 1. The molecule has 0 aliphatic carbocycles. The maximum absolute atomic E-state index is 13.3. The van der Waals surface area contributed by atoms with E-state index in [1.807, 2.05) is 18.5 Å². The van der Waals surface area contributed by atoms with Crippen molar-refractivity contribution in [1.82, 2.24) is 20.0 Å². The van der Waals surface area contributed by atoms with E-state index in [-0.39, 0.29) is 11.7 Å². The van der Waals surface area contributed by atoms with E-state index in [2.05, 4.69) is 15.5 Å². The van der Waals surface area contributed by atoms with Crippen molar-refractivity contribution in [1.29, 1.82) is 0 Å². The van der Waals surface area contributed by atoms with Gasteiger partial charge in [0, 0.05) is 19.4 Å². The number of nitrogens with one attached hydrogen (secondary N) is 1. The quantitative estimate of drug-likeness (QED) is 0.774. The Balaban J connectivity index is 1.98. The van der Waals surface area contributed by atoms with Gasteiger partial charge in [-0.05, 0) is 31.0 Å². The van der Waals surface area contributed by atoms with Crippen molar-refractivity contribution in [3.63, 3.8) is 0 Å². The summed E-state index contributed by atoms with van der Waals surface area (Å²) in [5, 5.41) is 6.89. The molecule has 1 amide bonds. The van der Waals surface area contributed by atoms with E-state index in [0.717, 1.165) is 5.56 Å². The lowest BCUT2D eigenvalue weighted by Gasteiger charge is -2.19. The standard InChI is InChI=1S/C18H19FN4O2/c1-4-14-15(11(2)25-22-14)18(24)21-16(17-20-9-10-23(17)3)12-5-7-13(19)8-6-12/h5-10,16H,4H2,1-3H3,(H,21,24). The van der Waals surface area contributed by atoms with Crippen LogP contribution >= 0.6 is 0 Å². The summed E-state index contributed by atoms with van der Waals surface area (Å²) < 4.78 is 20.2. The molecule has 3 aromatic rings. The van der Waals surface area contributed by atoms with Crippen molar-refractivity contribution in [2.45, 2.75) is 26.3 Å². The molecule has 0 aliphatic heterocycles. The fourth-order valence-electron chi connectivity index (χ4n) is 2.76. The Bertz CT molecular complexity index is 883. The van der Waals surface area contributed by atoms with Crippen molar-refractivity contribution >= 4 is 5.91 Å². The van der Waals surface area contributed by atoms with Crippen molar-refractivity contribution in [2.24, 2.45) is 7.05 Å². The van der Waals surface area contributed by atoms with Gasteiger partial charge in [-0.2, -0.15) is 0 Å². The van der Waals surface area contributed by atoms with Crippen molar-refractivity contribution in [3.8, 4) is 0 Å². The van der Waals surface area contributed by atoms with Crippen LogP contribution in [0.4, 0.5) is 4.39 Å². The molecule has 0 saturated carbocycles. The zero-order chi connectivity index (χ0) is 18.0. The number of halogens is 1. The Kier molecular flexibility index (Phi) is 4.65. The largest absolute Gasteiger partial charge is 0.361 e. The Morgan fingerprint density at radius 3 is 2.68 bits per heavy atom. The number of hydrogen-bond acceptors (Lipinski definition) is 4. The first-order valence-electron chi connectivity index (χ1n) is 8.00. The highest BCUT2D eigenvalue weighted by Gasteiger charge is 2.25. The molecule has 130 valence electrons. The number of amides is 1. The zero-order valence-electron chi connectivity index (χ0n) is 14.3. The predicted octanol–water partition coefficient (Wildman–Crippen LogP) is 2.94. The lowest BCUT2D eigenvalue weighted by atomic mass is 10.0. The molecule has 1 N–H and O–H groups in total. The normalized spacial score (nSPS) is 12.2. The van der Waals surface area contributed by atoms with E-state index in [4.69, 9.17) is 4.52 Å². The van der Waals surface area contributed by atoms with Crippen molar-refractivity contribution in [3.05, 3.63) is 70.9 Å². The van der Waals surface area contributed by atoms with Gasteiger partial charge in [0.15, 0.2) is 0 Å². The summed E-state index contributed by atoms with van der Waals surface area (Å²) in [5.74, 6) is 0.476. The van der Waals surface area contributed by atoms with E-state index in [0.29, 0.717) is 29.3 Å². The second-order valence-electron chi connectivity index (χ2n) is 5.77. The number of nitrogens with zero attached hydrogens (tertiary/aromatic N) is 3. The summed E-state index contributed by atoms with van der Waals surface area (Å²) in [5.41, 5.74) is 1.77. The Morgan fingerprint density at radius 1 is 1.36 bits per heavy atom. The van der Waals surface area contributed by atoms with Gasteiger partial charge in [0.1, 0.15) is 29.0 Å². The maximum Gasteiger partial charge on any atom is 0.257 e. The van der Waals surface area contributed by atoms with Gasteiger partial charge < -0.3 is 14.4 Å². The third kappa shape index (κ3) is 3.31. The van der Waals surface area contributed by atoms with Crippen LogP contribution in [0, 0.1) is 12.7 Å². The van der Waals surface area contributed by atoms with E-state index >= 15 is 0 Å². The van der Waals surface area contributed by atoms with Crippen LogP contribution in [0.5, 0.6) is 0 Å². The molecule has 0 saturated heterocycles. The summed E-state index contributed by atoms with van der Waals surface area (Å²) in [7, 11) is 1.84. The minimum atomic E-state index is -0.521. The van der Waals surface area contributed by atoms with Gasteiger partial charge >= 0.3 is 0 Å². The lowest BCUT2D eigenvalue weighted by molar-refractivity contribution is 0.0939. The first-order chi connectivity index (χ1) is 12.0. The van der Waals surface area contributed by atoms with Gasteiger partial charge in [0.2, 0.25) is 0 Å². The number of hydrogen-bond donors (Lipinski definition) is 1. The molecule has 3 rings (SSSR count). The molecular weight excluding hydrogens is 323 g/mol. The third-order valence-corrected chi connectivity index (χ3v) is 4.09. The van der Waals surface area contributed by atoms with Gasteiger partial charge in [-0.1, -0.05) is 24.2 Å². The first kappa shape index (κ1) is 16.9. The highest BCUT2D eigenvalue weighted by Crippen LogP contribution is 2.23. The van der Waals surface area contributed by atoms with E-state index in [1.165, 1.54) is 12.1 Å². The minimum Gasteiger partial charge on any atom is -0.361 e. The number of aryl methyl sites for hydroxylation is 3. The number of rotatable bonds is 5. The van der Waals surface area contributed by atoms with E-state index < -0.39 is 6.04 Å².